The standard InChI is InChI=1S/C42H71N7O3S/c1-36(38-22-18-20-37-19-14-15-21-39(37)38)43-40(50)33-47-28-30-48(34-41(51)44(2)3)26-24-46(25-27-49(31-29-47)35-42(52)45(4)5)23-16-12-10-8-6-7-9-11-13-17-32-53/h14-15,18-22,36,53H,6-13,16-17,23-35H2,1-5H3,(H,43,50). The highest BCUT2D eigenvalue weighted by Gasteiger charge is 2.22. The van der Waals surface area contributed by atoms with Gasteiger partial charge >= 0.3 is 0 Å². The van der Waals surface area contributed by atoms with Crippen LogP contribution < -0.4 is 5.32 Å². The first-order valence-electron chi connectivity index (χ1n) is 20.2. The van der Waals surface area contributed by atoms with Crippen LogP contribution in [0.25, 0.3) is 10.8 Å². The van der Waals surface area contributed by atoms with E-state index in [2.05, 4.69) is 61.8 Å². The molecule has 1 aliphatic rings. The molecule has 1 unspecified atom stereocenters. The molecule has 0 spiro atoms. The van der Waals surface area contributed by atoms with Crippen molar-refractivity contribution in [3.8, 4) is 0 Å². The van der Waals surface area contributed by atoms with E-state index in [-0.39, 0.29) is 30.3 Å². The normalized spacial score (nSPS) is 16.5. The summed E-state index contributed by atoms with van der Waals surface area (Å²) in [5, 5.41) is 5.56. The van der Waals surface area contributed by atoms with Crippen molar-refractivity contribution in [3.05, 3.63) is 48.0 Å². The van der Waals surface area contributed by atoms with Gasteiger partial charge in [-0.1, -0.05) is 93.8 Å². The lowest BCUT2D eigenvalue weighted by atomic mass is 10.00. The van der Waals surface area contributed by atoms with Crippen LogP contribution in [-0.4, -0.2) is 160 Å². The molecule has 3 rings (SSSR count). The van der Waals surface area contributed by atoms with Crippen LogP contribution >= 0.6 is 12.6 Å². The zero-order chi connectivity index (χ0) is 38.4. The molecule has 1 saturated heterocycles. The van der Waals surface area contributed by atoms with Crippen molar-refractivity contribution < 1.29 is 14.4 Å². The van der Waals surface area contributed by atoms with Crippen molar-refractivity contribution in [3.63, 3.8) is 0 Å². The number of nitrogens with one attached hydrogen (secondary N) is 1. The molecule has 1 fully saturated rings. The lowest BCUT2D eigenvalue weighted by Gasteiger charge is -2.34. The molecule has 298 valence electrons. The molecule has 0 aliphatic carbocycles. The number of likely N-dealkylation sites (N-methyl/N-ethyl adjacent to an activating group) is 2. The zero-order valence-electron chi connectivity index (χ0n) is 33.7. The lowest BCUT2D eigenvalue weighted by Crippen LogP contribution is -2.50. The van der Waals surface area contributed by atoms with Crippen molar-refractivity contribution in [2.75, 3.05) is 112 Å². The summed E-state index contributed by atoms with van der Waals surface area (Å²) >= 11 is 4.31. The number of carbonyl (C=O) groups excluding carboxylic acids is 3. The molecule has 53 heavy (non-hydrogen) atoms. The second-order valence-corrected chi connectivity index (χ2v) is 15.8. The first-order chi connectivity index (χ1) is 25.6. The average molecular weight is 754 g/mol. The predicted octanol–water partition coefficient (Wildman–Crippen LogP) is 5.25. The molecule has 10 nitrogen and oxygen atoms in total. The fourth-order valence-corrected chi connectivity index (χ4v) is 7.22. The number of fused-ring (bicyclic) bond motifs is 1. The van der Waals surface area contributed by atoms with Gasteiger partial charge in [-0.15, -0.1) is 0 Å². The minimum atomic E-state index is -0.145. The van der Waals surface area contributed by atoms with Gasteiger partial charge in [0.2, 0.25) is 17.7 Å². The summed E-state index contributed by atoms with van der Waals surface area (Å²) in [5.41, 5.74) is 1.10. The van der Waals surface area contributed by atoms with E-state index < -0.39 is 0 Å². The summed E-state index contributed by atoms with van der Waals surface area (Å²) in [7, 11) is 7.25. The van der Waals surface area contributed by atoms with Gasteiger partial charge in [0, 0.05) is 80.5 Å². The quantitative estimate of drug-likeness (QED) is 0.141. The summed E-state index contributed by atoms with van der Waals surface area (Å²) in [6.45, 7) is 10.0. The number of carbonyl (C=O) groups is 3. The number of thiol groups is 1. The Morgan fingerprint density at radius 3 is 1.55 bits per heavy atom. The molecule has 3 amide bonds. The minimum absolute atomic E-state index is 0.0280. The van der Waals surface area contributed by atoms with Crippen molar-refractivity contribution >= 4 is 41.1 Å². The maximum atomic E-state index is 13.6. The minimum Gasteiger partial charge on any atom is -0.348 e. The Morgan fingerprint density at radius 2 is 1.04 bits per heavy atom. The van der Waals surface area contributed by atoms with Gasteiger partial charge in [0.1, 0.15) is 0 Å². The summed E-state index contributed by atoms with van der Waals surface area (Å²) < 4.78 is 0. The second-order valence-electron chi connectivity index (χ2n) is 15.4. The van der Waals surface area contributed by atoms with E-state index >= 15 is 0 Å². The molecule has 1 atom stereocenters. The van der Waals surface area contributed by atoms with Gasteiger partial charge in [-0.3, -0.25) is 29.1 Å². The number of hydrogen-bond donors (Lipinski definition) is 2. The van der Waals surface area contributed by atoms with Gasteiger partial charge in [-0.25, -0.2) is 0 Å². The average Bonchev–Trinajstić information content (AvgIpc) is 3.13. The molecule has 1 heterocycles. The Bertz CT molecular complexity index is 1320. The third kappa shape index (κ3) is 17.5. The molecule has 0 aromatic heterocycles. The Morgan fingerprint density at radius 1 is 0.604 bits per heavy atom. The van der Waals surface area contributed by atoms with Gasteiger partial charge in [0.25, 0.3) is 0 Å². The number of nitrogens with zero attached hydrogens (tertiary/aromatic N) is 6. The second kappa shape index (κ2) is 25.4. The predicted molar refractivity (Wildman–Crippen MR) is 224 cm³/mol. The van der Waals surface area contributed by atoms with Crippen LogP contribution in [0.1, 0.15) is 82.7 Å². The summed E-state index contributed by atoms with van der Waals surface area (Å²) in [4.78, 5) is 52.0. The number of rotatable bonds is 20. The fourth-order valence-electron chi connectivity index (χ4n) is 7.00. The van der Waals surface area contributed by atoms with E-state index in [1.165, 1.54) is 57.8 Å². The first kappa shape index (κ1) is 44.7. The van der Waals surface area contributed by atoms with Crippen LogP contribution in [0.5, 0.6) is 0 Å². The molecule has 2 aromatic rings. The molecular weight excluding hydrogens is 683 g/mol. The van der Waals surface area contributed by atoms with Crippen LogP contribution in [0.15, 0.2) is 42.5 Å². The number of benzene rings is 2. The molecule has 1 aliphatic heterocycles. The van der Waals surface area contributed by atoms with Gasteiger partial charge < -0.3 is 20.0 Å². The monoisotopic (exact) mass is 754 g/mol. The molecule has 2 aromatic carbocycles. The summed E-state index contributed by atoms with van der Waals surface area (Å²) in [6, 6.07) is 14.4. The zero-order valence-corrected chi connectivity index (χ0v) is 34.6. The third-order valence-corrected chi connectivity index (χ3v) is 10.9. The summed E-state index contributed by atoms with van der Waals surface area (Å²) in [6.07, 6.45) is 12.9. The smallest absolute Gasteiger partial charge is 0.236 e. The largest absolute Gasteiger partial charge is 0.348 e. The van der Waals surface area contributed by atoms with E-state index in [1.54, 1.807) is 9.80 Å². The highest BCUT2D eigenvalue weighted by molar-refractivity contribution is 7.80. The molecule has 0 saturated carbocycles. The summed E-state index contributed by atoms with van der Waals surface area (Å²) in [5.74, 6) is 1.15. The molecule has 11 heteroatoms. The van der Waals surface area contributed by atoms with Crippen LogP contribution in [0.3, 0.4) is 0 Å². The van der Waals surface area contributed by atoms with E-state index in [1.807, 2.05) is 53.3 Å². The Labute approximate surface area is 327 Å². The van der Waals surface area contributed by atoms with Crippen molar-refractivity contribution in [1.82, 2.24) is 34.7 Å². The van der Waals surface area contributed by atoms with Gasteiger partial charge in [-0.05, 0) is 48.4 Å². The van der Waals surface area contributed by atoms with Crippen LogP contribution in [-0.2, 0) is 14.4 Å². The Balaban J connectivity index is 1.64. The van der Waals surface area contributed by atoms with Crippen molar-refractivity contribution in [2.24, 2.45) is 0 Å². The maximum absolute atomic E-state index is 13.6. The molecule has 0 bridgehead atoms. The highest BCUT2D eigenvalue weighted by atomic mass is 32.1. The number of unbranched alkanes of at least 4 members (excludes halogenated alkanes) is 9. The fraction of sp³-hybridized carbons (Fsp3) is 0.690. The van der Waals surface area contributed by atoms with Gasteiger partial charge in [-0.2, -0.15) is 12.6 Å². The van der Waals surface area contributed by atoms with Crippen molar-refractivity contribution in [1.29, 1.82) is 0 Å². The number of amides is 3. The van der Waals surface area contributed by atoms with Crippen LogP contribution in [0.2, 0.25) is 0 Å². The molecule has 1 N–H and O–H groups in total. The molecular formula is C42H71N7O3S. The van der Waals surface area contributed by atoms with Crippen LogP contribution in [0.4, 0.5) is 0 Å². The van der Waals surface area contributed by atoms with E-state index in [4.69, 9.17) is 0 Å². The lowest BCUT2D eigenvalue weighted by molar-refractivity contribution is -0.130. The van der Waals surface area contributed by atoms with Gasteiger partial charge in [0.05, 0.1) is 25.7 Å². The van der Waals surface area contributed by atoms with Crippen LogP contribution in [0, 0.1) is 0 Å². The van der Waals surface area contributed by atoms with Crippen molar-refractivity contribution in [2.45, 2.75) is 77.2 Å². The van der Waals surface area contributed by atoms with Gasteiger partial charge in [0.15, 0.2) is 0 Å². The Hall–Kier alpha value is -2.70. The topological polar surface area (TPSA) is 82.7 Å². The first-order valence-corrected chi connectivity index (χ1v) is 20.9. The highest BCUT2D eigenvalue weighted by Crippen LogP contribution is 2.24. The Kier molecular flexibility index (Phi) is 21.4. The van der Waals surface area contributed by atoms with E-state index in [0.717, 1.165) is 61.2 Å². The number of hydrogen-bond acceptors (Lipinski definition) is 8. The van der Waals surface area contributed by atoms with E-state index in [0.29, 0.717) is 39.3 Å². The third-order valence-electron chi connectivity index (χ3n) is 10.6. The SMILES string of the molecule is CC(NC(=O)CN1CCN(CC(=O)N(C)C)CCN(CCCCCCCCCCCCS)CCN(CC(=O)N(C)C)CC1)c1cccc2ccccc12. The maximum Gasteiger partial charge on any atom is 0.236 e. The molecule has 0 radical (unpaired) electrons. The van der Waals surface area contributed by atoms with E-state index in [9.17, 15) is 14.4 Å².